The zero-order chi connectivity index (χ0) is 38.9. The lowest BCUT2D eigenvalue weighted by Crippen LogP contribution is -2.46. The number of hydrogen-bond acceptors (Lipinski definition) is 12. The quantitative estimate of drug-likeness (QED) is 0.122. The second-order valence-corrected chi connectivity index (χ2v) is 14.3. The first-order chi connectivity index (χ1) is 27.4. The second kappa shape index (κ2) is 18.4. The zero-order valence-corrected chi connectivity index (χ0v) is 32.6. The van der Waals surface area contributed by atoms with Gasteiger partial charge in [0, 0.05) is 61.4 Å². The minimum atomic E-state index is -1.50. The number of hydrazone groups is 1. The molecule has 7 rings (SSSR count). The van der Waals surface area contributed by atoms with Crippen LogP contribution in [0.3, 0.4) is 0 Å². The molecule has 1 unspecified atom stereocenters. The summed E-state index contributed by atoms with van der Waals surface area (Å²) in [4.78, 5) is 13.3. The van der Waals surface area contributed by atoms with Crippen molar-refractivity contribution in [2.45, 2.75) is 51.7 Å². The third kappa shape index (κ3) is 9.40. The van der Waals surface area contributed by atoms with Crippen LogP contribution in [-0.4, -0.2) is 122 Å². The number of piperazine rings is 1. The number of benzene rings is 3. The highest BCUT2D eigenvalue weighted by Gasteiger charge is 2.46. The maximum atomic E-state index is 14.9. The van der Waals surface area contributed by atoms with Crippen molar-refractivity contribution < 1.29 is 27.7 Å². The lowest BCUT2D eigenvalue weighted by atomic mass is 10.0. The standard InChI is InChI=1S/C41H53F2N9O4/c1-4-33(24-53-22-21-47(5-2)6-3)52-31-50(30-46-52)36-10-8-34(9-11-36)48-17-19-49(20-18-48)35-12-14-37(15-13-35)54-25-38-26-55-41(56-38,27-51-29-44-28-45-51)39-16-7-32(42)23-40(39)43/h7-16,23,28-30,33,38H,4-6,17-22,24-27,31H2,1-3H3/t33?,38-,41-/m1/s1. The molecule has 2 saturated heterocycles. The summed E-state index contributed by atoms with van der Waals surface area (Å²) in [6.07, 6.45) is 5.27. The van der Waals surface area contributed by atoms with Crippen molar-refractivity contribution in [3.05, 3.63) is 96.6 Å². The third-order valence-corrected chi connectivity index (χ3v) is 10.8. The highest BCUT2D eigenvalue weighted by atomic mass is 19.1. The van der Waals surface area contributed by atoms with Gasteiger partial charge in [0.05, 0.1) is 25.9 Å². The molecule has 0 amide bonds. The Bertz CT molecular complexity index is 1840. The van der Waals surface area contributed by atoms with Crippen molar-refractivity contribution in [2.75, 3.05) is 93.6 Å². The first-order valence-corrected chi connectivity index (χ1v) is 19.7. The number of anilines is 3. The summed E-state index contributed by atoms with van der Waals surface area (Å²) < 4.78 is 54.6. The van der Waals surface area contributed by atoms with Crippen LogP contribution in [-0.2, 0) is 26.5 Å². The average molecular weight is 774 g/mol. The Labute approximate surface area is 328 Å². The summed E-state index contributed by atoms with van der Waals surface area (Å²) in [7, 11) is 0. The fourth-order valence-electron chi connectivity index (χ4n) is 7.39. The Morgan fingerprint density at radius 3 is 2.25 bits per heavy atom. The smallest absolute Gasteiger partial charge is 0.218 e. The Kier molecular flexibility index (Phi) is 13.0. The summed E-state index contributed by atoms with van der Waals surface area (Å²) in [5.41, 5.74) is 3.55. The van der Waals surface area contributed by atoms with Crippen LogP contribution in [0.1, 0.15) is 32.8 Å². The Balaban J connectivity index is 0.857. The molecule has 0 saturated carbocycles. The molecule has 300 valence electrons. The van der Waals surface area contributed by atoms with Gasteiger partial charge in [0.2, 0.25) is 5.79 Å². The van der Waals surface area contributed by atoms with Crippen LogP contribution in [0.25, 0.3) is 0 Å². The molecule has 56 heavy (non-hydrogen) atoms. The van der Waals surface area contributed by atoms with Gasteiger partial charge in [-0.05, 0) is 80.2 Å². The number of ether oxygens (including phenoxy) is 4. The minimum Gasteiger partial charge on any atom is -0.491 e. The van der Waals surface area contributed by atoms with E-state index in [1.807, 2.05) is 18.5 Å². The molecule has 13 nitrogen and oxygen atoms in total. The van der Waals surface area contributed by atoms with E-state index in [0.29, 0.717) is 19.0 Å². The second-order valence-electron chi connectivity index (χ2n) is 14.3. The molecule has 3 aliphatic rings. The molecular formula is C41H53F2N9O4. The van der Waals surface area contributed by atoms with E-state index in [1.54, 1.807) is 0 Å². The monoisotopic (exact) mass is 773 g/mol. The van der Waals surface area contributed by atoms with Gasteiger partial charge in [-0.15, -0.1) is 0 Å². The highest BCUT2D eigenvalue weighted by molar-refractivity contribution is 5.80. The molecule has 0 bridgehead atoms. The van der Waals surface area contributed by atoms with Crippen LogP contribution in [0, 0.1) is 11.6 Å². The number of likely N-dealkylation sites (N-methyl/N-ethyl adjacent to an activating group) is 1. The molecular weight excluding hydrogens is 721 g/mol. The maximum Gasteiger partial charge on any atom is 0.218 e. The summed E-state index contributed by atoms with van der Waals surface area (Å²) in [5.74, 6) is -2.25. The van der Waals surface area contributed by atoms with Crippen molar-refractivity contribution >= 4 is 23.4 Å². The van der Waals surface area contributed by atoms with E-state index >= 15 is 0 Å². The fourth-order valence-corrected chi connectivity index (χ4v) is 7.39. The van der Waals surface area contributed by atoms with Gasteiger partial charge in [0.15, 0.2) is 0 Å². The lowest BCUT2D eigenvalue weighted by Gasteiger charge is -2.37. The van der Waals surface area contributed by atoms with E-state index < -0.39 is 23.5 Å². The van der Waals surface area contributed by atoms with Gasteiger partial charge in [-0.3, -0.25) is 5.01 Å². The molecule has 4 heterocycles. The number of aromatic nitrogens is 3. The van der Waals surface area contributed by atoms with Gasteiger partial charge in [0.25, 0.3) is 0 Å². The molecule has 0 spiro atoms. The SMILES string of the molecule is CCC(COCCN(CC)CC)N1CN(c2ccc(N3CCN(c4ccc(OC[C@@H]5CO[C@@](Cn6cncn6)(c6ccc(F)cc6F)O5)cc4)CC3)cc2)C=N1. The number of hydrogen-bond donors (Lipinski definition) is 0. The number of halogens is 2. The van der Waals surface area contributed by atoms with E-state index in [-0.39, 0.29) is 31.4 Å². The fraction of sp³-hybridized carbons (Fsp3) is 0.488. The molecule has 1 aromatic heterocycles. The van der Waals surface area contributed by atoms with Gasteiger partial charge < -0.3 is 38.5 Å². The molecule has 0 aliphatic carbocycles. The van der Waals surface area contributed by atoms with Crippen LogP contribution in [0.15, 0.2) is 84.5 Å². The largest absolute Gasteiger partial charge is 0.491 e. The normalized spacial score (nSPS) is 20.4. The first-order valence-electron chi connectivity index (χ1n) is 19.7. The lowest BCUT2D eigenvalue weighted by molar-refractivity contribution is -0.192. The first kappa shape index (κ1) is 39.4. The van der Waals surface area contributed by atoms with E-state index in [9.17, 15) is 8.78 Å². The van der Waals surface area contributed by atoms with E-state index in [1.165, 1.54) is 35.2 Å². The minimum absolute atomic E-state index is 0.0418. The third-order valence-electron chi connectivity index (χ3n) is 10.8. The van der Waals surface area contributed by atoms with Gasteiger partial charge >= 0.3 is 0 Å². The van der Waals surface area contributed by atoms with Crippen molar-refractivity contribution in [1.29, 1.82) is 0 Å². The molecule has 15 heteroatoms. The number of rotatable bonds is 18. The van der Waals surface area contributed by atoms with Crippen molar-refractivity contribution in [3.63, 3.8) is 0 Å². The molecule has 3 aliphatic heterocycles. The summed E-state index contributed by atoms with van der Waals surface area (Å²) in [6.45, 7) is 15.7. The van der Waals surface area contributed by atoms with Crippen LogP contribution in [0.4, 0.5) is 25.8 Å². The molecule has 4 aromatic rings. The Morgan fingerprint density at radius 2 is 1.61 bits per heavy atom. The van der Waals surface area contributed by atoms with Crippen molar-refractivity contribution in [2.24, 2.45) is 5.10 Å². The van der Waals surface area contributed by atoms with Crippen molar-refractivity contribution in [3.8, 4) is 5.75 Å². The Hall–Kier alpha value is -4.83. The van der Waals surface area contributed by atoms with Gasteiger partial charge in [-0.1, -0.05) is 20.8 Å². The molecule has 0 N–H and O–H groups in total. The predicted octanol–water partition coefficient (Wildman–Crippen LogP) is 5.39. The summed E-state index contributed by atoms with van der Waals surface area (Å²) >= 11 is 0. The van der Waals surface area contributed by atoms with Crippen LogP contribution in [0.2, 0.25) is 0 Å². The van der Waals surface area contributed by atoms with Crippen LogP contribution in [0.5, 0.6) is 5.75 Å². The molecule has 0 radical (unpaired) electrons. The molecule has 3 atom stereocenters. The van der Waals surface area contributed by atoms with E-state index in [0.717, 1.165) is 76.3 Å². The maximum absolute atomic E-state index is 14.9. The van der Waals surface area contributed by atoms with E-state index in [2.05, 4.69) is 91.9 Å². The van der Waals surface area contributed by atoms with Crippen molar-refractivity contribution in [1.82, 2.24) is 24.7 Å². The highest BCUT2D eigenvalue weighted by Crippen LogP contribution is 2.38. The summed E-state index contributed by atoms with van der Waals surface area (Å²) in [5, 5.41) is 11.0. The van der Waals surface area contributed by atoms with Crippen LogP contribution >= 0.6 is 0 Å². The van der Waals surface area contributed by atoms with Gasteiger partial charge in [-0.25, -0.2) is 18.4 Å². The van der Waals surface area contributed by atoms with Crippen LogP contribution < -0.4 is 19.4 Å². The summed E-state index contributed by atoms with van der Waals surface area (Å²) in [6, 6.07) is 20.4. The average Bonchev–Trinajstić information content (AvgIpc) is 4.02. The zero-order valence-electron chi connectivity index (χ0n) is 32.6. The molecule has 2 fully saturated rings. The Morgan fingerprint density at radius 1 is 0.911 bits per heavy atom. The van der Waals surface area contributed by atoms with Gasteiger partial charge in [0.1, 0.15) is 62.3 Å². The number of nitrogens with zero attached hydrogens (tertiary/aromatic N) is 9. The van der Waals surface area contributed by atoms with Gasteiger partial charge in [-0.2, -0.15) is 10.2 Å². The van der Waals surface area contributed by atoms with E-state index in [4.69, 9.17) is 24.0 Å². The topological polar surface area (TPSA) is 96.2 Å². The predicted molar refractivity (Wildman–Crippen MR) is 212 cm³/mol. The molecule has 3 aromatic carbocycles.